The summed E-state index contributed by atoms with van der Waals surface area (Å²) in [6.07, 6.45) is 0.201. The Bertz CT molecular complexity index is 791. The maximum Gasteiger partial charge on any atom is 0.492 e. The summed E-state index contributed by atoms with van der Waals surface area (Å²) < 4.78 is 5.53. The third-order valence-electron chi connectivity index (χ3n) is 4.12. The molecule has 0 radical (unpaired) electrons. The second-order valence-electron chi connectivity index (χ2n) is 6.31. The van der Waals surface area contributed by atoms with Crippen LogP contribution in [-0.2, 0) is 16.7 Å². The number of halogens is 1. The van der Waals surface area contributed by atoms with E-state index in [4.69, 9.17) is 16.3 Å². The van der Waals surface area contributed by atoms with Gasteiger partial charge in [0.15, 0.2) is 5.78 Å². The van der Waals surface area contributed by atoms with Crippen LogP contribution in [0.4, 0.5) is 0 Å². The fraction of sp³-hybridized carbons (Fsp3) is 0.294. The SMILES string of the molecule is Cc1ccc(C(=O)Cc2ccc3c(c2)B(O)OC3(C)C)nc1Cl. The molecule has 1 aromatic heterocycles. The molecule has 2 aromatic rings. The smallest absolute Gasteiger partial charge is 0.423 e. The molecule has 1 aliphatic rings. The minimum atomic E-state index is -0.956. The lowest BCUT2D eigenvalue weighted by Gasteiger charge is -2.19. The topological polar surface area (TPSA) is 59.4 Å². The van der Waals surface area contributed by atoms with Gasteiger partial charge in [0, 0.05) is 6.42 Å². The van der Waals surface area contributed by atoms with Crippen LogP contribution in [0, 0.1) is 6.92 Å². The number of aromatic nitrogens is 1. The molecule has 0 atom stereocenters. The molecule has 1 N–H and O–H groups in total. The minimum Gasteiger partial charge on any atom is -0.423 e. The number of hydrogen-bond acceptors (Lipinski definition) is 4. The van der Waals surface area contributed by atoms with E-state index in [2.05, 4.69) is 4.98 Å². The summed E-state index contributed by atoms with van der Waals surface area (Å²) in [5.41, 5.74) is 3.13. The van der Waals surface area contributed by atoms with Crippen LogP contribution in [0.5, 0.6) is 0 Å². The van der Waals surface area contributed by atoms with E-state index in [0.717, 1.165) is 22.2 Å². The van der Waals surface area contributed by atoms with Gasteiger partial charge in [0.05, 0.1) is 5.60 Å². The average Bonchev–Trinajstić information content (AvgIpc) is 2.71. The number of nitrogens with zero attached hydrogens (tertiary/aromatic N) is 1. The third-order valence-corrected chi connectivity index (χ3v) is 4.51. The molecule has 0 amide bonds. The predicted molar refractivity (Wildman–Crippen MR) is 90.2 cm³/mol. The Morgan fingerprint density at radius 1 is 1.35 bits per heavy atom. The number of ketones is 1. The van der Waals surface area contributed by atoms with Gasteiger partial charge in [0.1, 0.15) is 10.8 Å². The minimum absolute atomic E-state index is 0.112. The van der Waals surface area contributed by atoms with E-state index in [-0.39, 0.29) is 12.2 Å². The molecule has 0 aliphatic carbocycles. The highest BCUT2D eigenvalue weighted by atomic mass is 35.5. The lowest BCUT2D eigenvalue weighted by atomic mass is 9.77. The number of aryl methyl sites for hydroxylation is 1. The van der Waals surface area contributed by atoms with Gasteiger partial charge in [-0.25, -0.2) is 4.98 Å². The summed E-state index contributed by atoms with van der Waals surface area (Å²) in [5.74, 6) is -0.112. The van der Waals surface area contributed by atoms with Crippen LogP contribution in [0.2, 0.25) is 5.15 Å². The van der Waals surface area contributed by atoms with Crippen LogP contribution in [0.15, 0.2) is 30.3 Å². The first-order valence-electron chi connectivity index (χ1n) is 7.43. The van der Waals surface area contributed by atoms with Gasteiger partial charge in [-0.3, -0.25) is 4.79 Å². The van der Waals surface area contributed by atoms with Crippen LogP contribution in [0.25, 0.3) is 0 Å². The quantitative estimate of drug-likeness (QED) is 0.534. The first kappa shape index (κ1) is 16.2. The Morgan fingerprint density at radius 2 is 2.09 bits per heavy atom. The number of carbonyl (C=O) groups excluding carboxylic acids is 1. The molecular formula is C17H17BClNO3. The summed E-state index contributed by atoms with van der Waals surface area (Å²) in [6, 6.07) is 9.07. The molecule has 118 valence electrons. The summed E-state index contributed by atoms with van der Waals surface area (Å²) >= 11 is 5.98. The van der Waals surface area contributed by atoms with Gasteiger partial charge in [0.2, 0.25) is 0 Å². The Balaban J connectivity index is 1.85. The lowest BCUT2D eigenvalue weighted by Crippen LogP contribution is -2.29. The largest absolute Gasteiger partial charge is 0.492 e. The molecular weight excluding hydrogens is 312 g/mol. The van der Waals surface area contributed by atoms with Crippen LogP contribution in [0.3, 0.4) is 0 Å². The number of rotatable bonds is 3. The monoisotopic (exact) mass is 329 g/mol. The molecule has 4 nitrogen and oxygen atoms in total. The van der Waals surface area contributed by atoms with Gasteiger partial charge in [0.25, 0.3) is 0 Å². The zero-order chi connectivity index (χ0) is 16.8. The molecule has 0 saturated heterocycles. The number of benzene rings is 1. The lowest BCUT2D eigenvalue weighted by molar-refractivity contribution is 0.0987. The summed E-state index contributed by atoms with van der Waals surface area (Å²) in [6.45, 7) is 5.66. The number of pyridine rings is 1. The van der Waals surface area contributed by atoms with Gasteiger partial charge >= 0.3 is 7.12 Å². The summed E-state index contributed by atoms with van der Waals surface area (Å²) in [5, 5.41) is 10.4. The van der Waals surface area contributed by atoms with Crippen molar-refractivity contribution in [2.45, 2.75) is 32.8 Å². The molecule has 3 rings (SSSR count). The Hall–Kier alpha value is -1.69. The van der Waals surface area contributed by atoms with E-state index in [1.165, 1.54) is 0 Å². The van der Waals surface area contributed by atoms with Crippen molar-refractivity contribution >= 4 is 30.0 Å². The molecule has 2 heterocycles. The maximum atomic E-state index is 12.4. The maximum absolute atomic E-state index is 12.4. The zero-order valence-electron chi connectivity index (χ0n) is 13.3. The van der Waals surface area contributed by atoms with E-state index < -0.39 is 12.7 Å². The highest BCUT2D eigenvalue weighted by molar-refractivity contribution is 6.62. The van der Waals surface area contributed by atoms with Crippen molar-refractivity contribution in [3.8, 4) is 0 Å². The number of hydrogen-bond donors (Lipinski definition) is 1. The van der Waals surface area contributed by atoms with Crippen LogP contribution < -0.4 is 5.46 Å². The zero-order valence-corrected chi connectivity index (χ0v) is 14.0. The van der Waals surface area contributed by atoms with E-state index in [0.29, 0.717) is 10.8 Å². The summed E-state index contributed by atoms with van der Waals surface area (Å²) in [4.78, 5) is 16.5. The first-order valence-corrected chi connectivity index (χ1v) is 7.81. The van der Waals surface area contributed by atoms with Crippen molar-refractivity contribution < 1.29 is 14.5 Å². The molecule has 0 unspecified atom stereocenters. The normalized spacial score (nSPS) is 15.6. The van der Waals surface area contributed by atoms with E-state index >= 15 is 0 Å². The van der Waals surface area contributed by atoms with E-state index in [1.54, 1.807) is 12.1 Å². The molecule has 0 saturated carbocycles. The third kappa shape index (κ3) is 3.04. The van der Waals surface area contributed by atoms with Gasteiger partial charge in [-0.2, -0.15) is 0 Å². The van der Waals surface area contributed by atoms with Gasteiger partial charge in [-0.05, 0) is 49.0 Å². The van der Waals surface area contributed by atoms with Crippen molar-refractivity contribution in [1.29, 1.82) is 0 Å². The second-order valence-corrected chi connectivity index (χ2v) is 6.66. The molecule has 1 aliphatic heterocycles. The first-order chi connectivity index (χ1) is 10.8. The van der Waals surface area contributed by atoms with Crippen molar-refractivity contribution in [2.75, 3.05) is 0 Å². The molecule has 6 heteroatoms. The van der Waals surface area contributed by atoms with Crippen LogP contribution in [-0.4, -0.2) is 22.9 Å². The standard InChI is InChI=1S/C17H17BClNO3/c1-10-4-7-14(20-16(10)19)15(21)9-11-5-6-12-13(8-11)18(22)23-17(12,2)3/h4-8,22H,9H2,1-3H3. The van der Waals surface area contributed by atoms with Crippen LogP contribution in [0.1, 0.15) is 41.0 Å². The van der Waals surface area contributed by atoms with Crippen molar-refractivity contribution in [1.82, 2.24) is 4.98 Å². The van der Waals surface area contributed by atoms with Crippen molar-refractivity contribution in [3.05, 3.63) is 57.9 Å². The van der Waals surface area contributed by atoms with Gasteiger partial charge < -0.3 is 9.68 Å². The summed E-state index contributed by atoms with van der Waals surface area (Å²) in [7, 11) is -0.956. The average molecular weight is 330 g/mol. The molecule has 0 spiro atoms. The van der Waals surface area contributed by atoms with Crippen LogP contribution >= 0.6 is 11.6 Å². The number of fused-ring (bicyclic) bond motifs is 1. The highest BCUT2D eigenvalue weighted by Crippen LogP contribution is 2.30. The molecule has 23 heavy (non-hydrogen) atoms. The highest BCUT2D eigenvalue weighted by Gasteiger charge is 2.40. The predicted octanol–water partition coefficient (Wildman–Crippen LogP) is 2.42. The van der Waals surface area contributed by atoms with Crippen molar-refractivity contribution in [3.63, 3.8) is 0 Å². The fourth-order valence-corrected chi connectivity index (χ4v) is 2.97. The Morgan fingerprint density at radius 3 is 2.78 bits per heavy atom. The molecule has 0 bridgehead atoms. The fourth-order valence-electron chi connectivity index (χ4n) is 2.82. The molecule has 1 aromatic carbocycles. The number of Topliss-reactive ketones (excluding diaryl/α,β-unsaturated/α-hetero) is 1. The van der Waals surface area contributed by atoms with Gasteiger partial charge in [-0.15, -0.1) is 0 Å². The molecule has 0 fully saturated rings. The van der Waals surface area contributed by atoms with E-state index in [9.17, 15) is 9.82 Å². The Kier molecular flexibility index (Phi) is 4.04. The number of carbonyl (C=O) groups is 1. The van der Waals surface area contributed by atoms with Gasteiger partial charge in [-0.1, -0.05) is 35.9 Å². The Labute approximate surface area is 140 Å². The van der Waals surface area contributed by atoms with E-state index in [1.807, 2.05) is 39.0 Å². The second kappa shape index (κ2) is 5.75. The van der Waals surface area contributed by atoms with Crippen molar-refractivity contribution in [2.24, 2.45) is 0 Å².